The summed E-state index contributed by atoms with van der Waals surface area (Å²) in [6, 6.07) is 6.93. The lowest BCUT2D eigenvalue weighted by Crippen LogP contribution is -2.02. The van der Waals surface area contributed by atoms with Crippen LogP contribution in [0.15, 0.2) is 18.2 Å². The largest absolute Gasteiger partial charge is 0.481 e. The monoisotopic (exact) mass is 530 g/mol. The first-order valence-corrected chi connectivity index (χ1v) is 16.1. The van der Waals surface area contributed by atoms with Gasteiger partial charge in [0.2, 0.25) is 0 Å². The molecular formula is C34H58O4. The Bertz CT molecular complexity index is 727. The minimum atomic E-state index is -0.684. The molecule has 0 bridgehead atoms. The Morgan fingerprint density at radius 3 is 1.24 bits per heavy atom. The lowest BCUT2D eigenvalue weighted by atomic mass is 9.90. The van der Waals surface area contributed by atoms with Crippen molar-refractivity contribution in [1.29, 1.82) is 0 Å². The van der Waals surface area contributed by atoms with Gasteiger partial charge in [-0.15, -0.1) is 0 Å². The van der Waals surface area contributed by atoms with Gasteiger partial charge in [0.1, 0.15) is 0 Å². The van der Waals surface area contributed by atoms with Gasteiger partial charge < -0.3 is 10.2 Å². The highest BCUT2D eigenvalue weighted by atomic mass is 16.4. The molecule has 0 aliphatic rings. The van der Waals surface area contributed by atoms with Crippen molar-refractivity contribution in [3.63, 3.8) is 0 Å². The van der Waals surface area contributed by atoms with Crippen LogP contribution in [-0.4, -0.2) is 22.2 Å². The Morgan fingerprint density at radius 1 is 0.500 bits per heavy atom. The predicted octanol–water partition coefficient (Wildman–Crippen LogP) is 10.1. The van der Waals surface area contributed by atoms with Crippen LogP contribution in [0.25, 0.3) is 0 Å². The second-order valence-corrected chi connectivity index (χ2v) is 11.3. The van der Waals surface area contributed by atoms with Crippen LogP contribution >= 0.6 is 0 Å². The molecule has 1 aromatic carbocycles. The van der Waals surface area contributed by atoms with E-state index in [2.05, 4.69) is 25.1 Å². The van der Waals surface area contributed by atoms with E-state index in [0.717, 1.165) is 51.4 Å². The molecule has 218 valence electrons. The van der Waals surface area contributed by atoms with E-state index in [1.54, 1.807) is 11.1 Å². The molecule has 0 spiro atoms. The minimum absolute atomic E-state index is 0.293. The second kappa shape index (κ2) is 24.2. The Hall–Kier alpha value is -1.84. The molecule has 0 amide bonds. The maximum atomic E-state index is 10.7. The van der Waals surface area contributed by atoms with Crippen LogP contribution in [-0.2, 0) is 28.9 Å². The zero-order valence-corrected chi connectivity index (χ0v) is 24.6. The number of carboxylic acids is 2. The molecular weight excluding hydrogens is 472 g/mol. The molecule has 0 saturated carbocycles. The van der Waals surface area contributed by atoms with E-state index < -0.39 is 11.9 Å². The first-order valence-electron chi connectivity index (χ1n) is 16.1. The molecule has 0 aromatic heterocycles. The number of hydrogen-bond donors (Lipinski definition) is 2. The Morgan fingerprint density at radius 2 is 0.842 bits per heavy atom. The van der Waals surface area contributed by atoms with Crippen LogP contribution < -0.4 is 0 Å². The van der Waals surface area contributed by atoms with Gasteiger partial charge in [-0.05, 0) is 68.1 Å². The summed E-state index contributed by atoms with van der Waals surface area (Å²) in [5, 5.41) is 17.6. The highest BCUT2D eigenvalue weighted by molar-refractivity contribution is 5.66. The highest BCUT2D eigenvalue weighted by Gasteiger charge is 2.09. The molecule has 1 rings (SSSR count). The van der Waals surface area contributed by atoms with Crippen LogP contribution in [0, 0.1) is 0 Å². The number of carbonyl (C=O) groups is 2. The van der Waals surface area contributed by atoms with Gasteiger partial charge in [0, 0.05) is 12.8 Å². The van der Waals surface area contributed by atoms with Crippen LogP contribution in [0.2, 0.25) is 0 Å². The average Bonchev–Trinajstić information content (AvgIpc) is 2.89. The first kappa shape index (κ1) is 34.2. The van der Waals surface area contributed by atoms with Gasteiger partial charge >= 0.3 is 11.9 Å². The number of aryl methyl sites for hydroxylation is 2. The summed E-state index contributed by atoms with van der Waals surface area (Å²) in [5.41, 5.74) is 4.65. The number of unbranched alkanes of at least 4 members (excludes halogenated alkanes) is 17. The smallest absolute Gasteiger partial charge is 0.303 e. The van der Waals surface area contributed by atoms with Crippen molar-refractivity contribution >= 4 is 11.9 Å². The van der Waals surface area contributed by atoms with Gasteiger partial charge in [0.15, 0.2) is 0 Å². The van der Waals surface area contributed by atoms with Crippen molar-refractivity contribution in [3.8, 4) is 0 Å². The molecule has 0 aliphatic carbocycles. The standard InChI is InChI=1S/C34H58O4/c1-2-3-4-5-6-7-8-9-12-17-23-30-25-22-26-31(24-18-13-10-15-20-28-33(35)36)32(30)27-19-14-11-16-21-29-34(37)38/h22,25-26H,2-21,23-24,27-29H2,1H3,(H,35,36)(H,37,38). The third-order valence-corrected chi connectivity index (χ3v) is 7.82. The van der Waals surface area contributed by atoms with Crippen LogP contribution in [0.1, 0.15) is 165 Å². The maximum Gasteiger partial charge on any atom is 0.303 e. The number of carboxylic acid groups (broad SMARTS) is 2. The zero-order chi connectivity index (χ0) is 27.7. The van der Waals surface area contributed by atoms with E-state index in [4.69, 9.17) is 10.2 Å². The van der Waals surface area contributed by atoms with Crippen molar-refractivity contribution < 1.29 is 19.8 Å². The first-order chi connectivity index (χ1) is 18.5. The van der Waals surface area contributed by atoms with Crippen molar-refractivity contribution in [3.05, 3.63) is 34.9 Å². The zero-order valence-electron chi connectivity index (χ0n) is 24.6. The molecule has 4 nitrogen and oxygen atoms in total. The van der Waals surface area contributed by atoms with Crippen molar-refractivity contribution in [2.45, 2.75) is 167 Å². The normalized spacial score (nSPS) is 11.2. The molecule has 0 aliphatic heterocycles. The predicted molar refractivity (Wildman–Crippen MR) is 160 cm³/mol. The van der Waals surface area contributed by atoms with E-state index in [1.165, 1.54) is 102 Å². The summed E-state index contributed by atoms with van der Waals surface area (Å²) in [5.74, 6) is -1.37. The van der Waals surface area contributed by atoms with Gasteiger partial charge in [-0.1, -0.05) is 121 Å². The van der Waals surface area contributed by atoms with E-state index in [1.807, 2.05) is 0 Å². The summed E-state index contributed by atoms with van der Waals surface area (Å²) in [6.45, 7) is 2.28. The summed E-state index contributed by atoms with van der Waals surface area (Å²) < 4.78 is 0. The molecule has 4 heteroatoms. The summed E-state index contributed by atoms with van der Waals surface area (Å²) in [7, 11) is 0. The van der Waals surface area contributed by atoms with Crippen LogP contribution in [0.4, 0.5) is 0 Å². The molecule has 0 saturated heterocycles. The molecule has 0 unspecified atom stereocenters. The van der Waals surface area contributed by atoms with Gasteiger partial charge in [0.25, 0.3) is 0 Å². The molecule has 0 fully saturated rings. The Balaban J connectivity index is 2.47. The molecule has 38 heavy (non-hydrogen) atoms. The second-order valence-electron chi connectivity index (χ2n) is 11.3. The van der Waals surface area contributed by atoms with Crippen molar-refractivity contribution in [1.82, 2.24) is 0 Å². The topological polar surface area (TPSA) is 74.6 Å². The third-order valence-electron chi connectivity index (χ3n) is 7.82. The van der Waals surface area contributed by atoms with Gasteiger partial charge in [0.05, 0.1) is 0 Å². The summed E-state index contributed by atoms with van der Waals surface area (Å²) in [6.07, 6.45) is 28.3. The van der Waals surface area contributed by atoms with Gasteiger partial charge in [-0.2, -0.15) is 0 Å². The lowest BCUT2D eigenvalue weighted by molar-refractivity contribution is -0.138. The fraction of sp³-hybridized carbons (Fsp3) is 0.765. The molecule has 0 radical (unpaired) electrons. The van der Waals surface area contributed by atoms with Crippen LogP contribution in [0.5, 0.6) is 0 Å². The number of hydrogen-bond acceptors (Lipinski definition) is 2. The SMILES string of the molecule is CCCCCCCCCCCCc1cccc(CCCCCCCC(=O)O)c1CCCCCCCC(=O)O. The number of aliphatic carboxylic acids is 2. The van der Waals surface area contributed by atoms with E-state index >= 15 is 0 Å². The van der Waals surface area contributed by atoms with Crippen molar-refractivity contribution in [2.24, 2.45) is 0 Å². The molecule has 0 atom stereocenters. The summed E-state index contributed by atoms with van der Waals surface area (Å²) in [4.78, 5) is 21.4. The molecule has 2 N–H and O–H groups in total. The van der Waals surface area contributed by atoms with E-state index in [9.17, 15) is 9.59 Å². The number of benzene rings is 1. The van der Waals surface area contributed by atoms with Crippen molar-refractivity contribution in [2.75, 3.05) is 0 Å². The fourth-order valence-electron chi connectivity index (χ4n) is 5.51. The Labute approximate surface area is 234 Å². The van der Waals surface area contributed by atoms with Gasteiger partial charge in [-0.3, -0.25) is 9.59 Å². The highest BCUT2D eigenvalue weighted by Crippen LogP contribution is 2.23. The third kappa shape index (κ3) is 19.3. The molecule has 0 heterocycles. The minimum Gasteiger partial charge on any atom is -0.481 e. The average molecular weight is 531 g/mol. The van der Waals surface area contributed by atoms with E-state index in [0.29, 0.717) is 12.8 Å². The fourth-order valence-corrected chi connectivity index (χ4v) is 5.51. The van der Waals surface area contributed by atoms with E-state index in [-0.39, 0.29) is 0 Å². The number of rotatable bonds is 27. The Kier molecular flexibility index (Phi) is 21.8. The van der Waals surface area contributed by atoms with Gasteiger partial charge in [-0.25, -0.2) is 0 Å². The maximum absolute atomic E-state index is 10.7. The summed E-state index contributed by atoms with van der Waals surface area (Å²) >= 11 is 0. The quantitative estimate of drug-likeness (QED) is 0.111. The van der Waals surface area contributed by atoms with Crippen LogP contribution in [0.3, 0.4) is 0 Å². The molecule has 1 aromatic rings. The lowest BCUT2D eigenvalue weighted by Gasteiger charge is -2.16.